The SMILES string of the molecule is Cc1ccc(S(=O)(=O)Cl)cc1C(=O)N1CCC(C)CC1C. The maximum Gasteiger partial charge on any atom is 0.261 e. The van der Waals surface area contributed by atoms with Crippen molar-refractivity contribution >= 4 is 25.6 Å². The normalized spacial score (nSPS) is 23.1. The van der Waals surface area contributed by atoms with Crippen LogP contribution in [0.2, 0.25) is 0 Å². The first-order valence-corrected chi connectivity index (χ1v) is 9.37. The van der Waals surface area contributed by atoms with Gasteiger partial charge in [-0.2, -0.15) is 0 Å². The van der Waals surface area contributed by atoms with Crippen LogP contribution < -0.4 is 0 Å². The third kappa shape index (κ3) is 3.58. The number of amides is 1. The molecular formula is C15H20ClNO3S. The Morgan fingerprint density at radius 1 is 1.33 bits per heavy atom. The molecule has 1 aliphatic rings. The molecule has 2 atom stereocenters. The number of rotatable bonds is 2. The molecule has 1 heterocycles. The van der Waals surface area contributed by atoms with E-state index in [4.69, 9.17) is 10.7 Å². The Hall–Kier alpha value is -1.07. The van der Waals surface area contributed by atoms with Crippen LogP contribution in [0.5, 0.6) is 0 Å². The van der Waals surface area contributed by atoms with E-state index >= 15 is 0 Å². The molecular weight excluding hydrogens is 310 g/mol. The molecule has 1 aromatic rings. The molecule has 0 aliphatic carbocycles. The topological polar surface area (TPSA) is 54.5 Å². The second-order valence-electron chi connectivity index (χ2n) is 5.89. The summed E-state index contributed by atoms with van der Waals surface area (Å²) in [6.45, 7) is 6.73. The van der Waals surface area contributed by atoms with Gasteiger partial charge in [0, 0.05) is 28.8 Å². The van der Waals surface area contributed by atoms with Crippen LogP contribution in [0.1, 0.15) is 42.6 Å². The van der Waals surface area contributed by atoms with Crippen LogP contribution in [0.15, 0.2) is 23.1 Å². The summed E-state index contributed by atoms with van der Waals surface area (Å²) in [6.07, 6.45) is 1.95. The van der Waals surface area contributed by atoms with Crippen LogP contribution >= 0.6 is 10.7 Å². The van der Waals surface area contributed by atoms with Gasteiger partial charge in [-0.15, -0.1) is 0 Å². The number of carbonyl (C=O) groups excluding carboxylic acids is 1. The average Bonchev–Trinajstić information content (AvgIpc) is 2.37. The lowest BCUT2D eigenvalue weighted by Gasteiger charge is -2.36. The number of carbonyl (C=O) groups is 1. The smallest absolute Gasteiger partial charge is 0.261 e. The van der Waals surface area contributed by atoms with Gasteiger partial charge in [-0.3, -0.25) is 4.79 Å². The van der Waals surface area contributed by atoms with Gasteiger partial charge in [-0.25, -0.2) is 8.42 Å². The minimum absolute atomic E-state index is 0.0313. The van der Waals surface area contributed by atoms with E-state index < -0.39 is 9.05 Å². The van der Waals surface area contributed by atoms with Gasteiger partial charge < -0.3 is 4.90 Å². The van der Waals surface area contributed by atoms with E-state index in [0.29, 0.717) is 18.0 Å². The van der Waals surface area contributed by atoms with Gasteiger partial charge in [0.15, 0.2) is 0 Å². The Morgan fingerprint density at radius 2 is 2.00 bits per heavy atom. The lowest BCUT2D eigenvalue weighted by molar-refractivity contribution is 0.0587. The predicted octanol–water partition coefficient (Wildman–Crippen LogP) is 3.18. The zero-order chi connectivity index (χ0) is 15.8. The van der Waals surface area contributed by atoms with Crippen molar-refractivity contribution in [2.24, 2.45) is 5.92 Å². The van der Waals surface area contributed by atoms with E-state index in [-0.39, 0.29) is 16.8 Å². The van der Waals surface area contributed by atoms with Gasteiger partial charge >= 0.3 is 0 Å². The molecule has 0 bridgehead atoms. The van der Waals surface area contributed by atoms with Gasteiger partial charge in [0.2, 0.25) is 0 Å². The summed E-state index contributed by atoms with van der Waals surface area (Å²) in [4.78, 5) is 14.5. The highest BCUT2D eigenvalue weighted by atomic mass is 35.7. The van der Waals surface area contributed by atoms with Gasteiger partial charge in [-0.05, 0) is 50.3 Å². The lowest BCUT2D eigenvalue weighted by atomic mass is 9.92. The minimum Gasteiger partial charge on any atom is -0.336 e. The number of likely N-dealkylation sites (tertiary alicyclic amines) is 1. The van der Waals surface area contributed by atoms with Crippen LogP contribution in [-0.2, 0) is 9.05 Å². The summed E-state index contributed by atoms with van der Waals surface area (Å²) in [7, 11) is 1.54. The molecule has 0 saturated carbocycles. The first kappa shape index (κ1) is 16.3. The van der Waals surface area contributed by atoms with E-state index in [1.54, 1.807) is 13.0 Å². The molecule has 1 fully saturated rings. The molecule has 1 amide bonds. The van der Waals surface area contributed by atoms with E-state index in [1.165, 1.54) is 12.1 Å². The summed E-state index contributed by atoms with van der Waals surface area (Å²) in [5.41, 5.74) is 1.17. The van der Waals surface area contributed by atoms with Crippen LogP contribution in [-0.4, -0.2) is 31.8 Å². The fourth-order valence-electron chi connectivity index (χ4n) is 2.85. The van der Waals surface area contributed by atoms with Crippen LogP contribution in [0, 0.1) is 12.8 Å². The number of aryl methyl sites for hydroxylation is 1. The number of halogens is 1. The van der Waals surface area contributed by atoms with Crippen LogP contribution in [0.3, 0.4) is 0 Å². The lowest BCUT2D eigenvalue weighted by Crippen LogP contribution is -2.44. The molecule has 6 heteroatoms. The maximum atomic E-state index is 12.7. The van der Waals surface area contributed by atoms with Crippen molar-refractivity contribution in [1.82, 2.24) is 4.90 Å². The van der Waals surface area contributed by atoms with Crippen LogP contribution in [0.4, 0.5) is 0 Å². The third-order valence-electron chi connectivity index (χ3n) is 4.12. The van der Waals surface area contributed by atoms with Crippen molar-refractivity contribution in [3.8, 4) is 0 Å². The van der Waals surface area contributed by atoms with Crippen molar-refractivity contribution < 1.29 is 13.2 Å². The van der Waals surface area contributed by atoms with Crippen LogP contribution in [0.25, 0.3) is 0 Å². The summed E-state index contributed by atoms with van der Waals surface area (Å²) in [5, 5.41) is 0. The Morgan fingerprint density at radius 3 is 2.57 bits per heavy atom. The highest BCUT2D eigenvalue weighted by Crippen LogP contribution is 2.26. The molecule has 0 spiro atoms. The first-order chi connectivity index (χ1) is 9.70. The molecule has 21 heavy (non-hydrogen) atoms. The monoisotopic (exact) mass is 329 g/mol. The molecule has 0 radical (unpaired) electrons. The van der Waals surface area contributed by atoms with E-state index in [1.807, 2.05) is 11.8 Å². The van der Waals surface area contributed by atoms with Gasteiger partial charge in [0.1, 0.15) is 0 Å². The molecule has 2 unspecified atom stereocenters. The van der Waals surface area contributed by atoms with Crippen molar-refractivity contribution in [2.75, 3.05) is 6.54 Å². The summed E-state index contributed by atoms with van der Waals surface area (Å²) < 4.78 is 22.9. The number of hydrogen-bond acceptors (Lipinski definition) is 3. The predicted molar refractivity (Wildman–Crippen MR) is 83.1 cm³/mol. The highest BCUT2D eigenvalue weighted by molar-refractivity contribution is 8.13. The Labute approximate surface area is 130 Å². The summed E-state index contributed by atoms with van der Waals surface area (Å²) in [6, 6.07) is 4.60. The third-order valence-corrected chi connectivity index (χ3v) is 5.47. The Kier molecular flexibility index (Phi) is 4.63. The van der Waals surface area contributed by atoms with Gasteiger partial charge in [0.05, 0.1) is 4.90 Å². The number of hydrogen-bond donors (Lipinski definition) is 0. The van der Waals surface area contributed by atoms with E-state index in [9.17, 15) is 13.2 Å². The zero-order valence-corrected chi connectivity index (χ0v) is 14.0. The minimum atomic E-state index is -3.83. The Bertz CT molecular complexity index is 657. The molecule has 116 valence electrons. The zero-order valence-electron chi connectivity index (χ0n) is 12.5. The molecule has 0 aromatic heterocycles. The fourth-order valence-corrected chi connectivity index (χ4v) is 3.62. The second-order valence-corrected chi connectivity index (χ2v) is 8.46. The summed E-state index contributed by atoms with van der Waals surface area (Å²) >= 11 is 0. The van der Waals surface area contributed by atoms with Crippen molar-refractivity contribution in [2.45, 2.75) is 44.6 Å². The number of piperidine rings is 1. The van der Waals surface area contributed by atoms with Crippen molar-refractivity contribution in [1.29, 1.82) is 0 Å². The molecule has 4 nitrogen and oxygen atoms in total. The molecule has 1 saturated heterocycles. The van der Waals surface area contributed by atoms with Crippen molar-refractivity contribution in [3.05, 3.63) is 29.3 Å². The Balaban J connectivity index is 2.35. The van der Waals surface area contributed by atoms with E-state index in [2.05, 4.69) is 6.92 Å². The number of benzene rings is 1. The highest BCUT2D eigenvalue weighted by Gasteiger charge is 2.28. The van der Waals surface area contributed by atoms with Gasteiger partial charge in [-0.1, -0.05) is 13.0 Å². The van der Waals surface area contributed by atoms with Crippen molar-refractivity contribution in [3.63, 3.8) is 0 Å². The molecule has 1 aliphatic heterocycles. The maximum absolute atomic E-state index is 12.7. The molecule has 0 N–H and O–H groups in total. The summed E-state index contributed by atoms with van der Waals surface area (Å²) in [5.74, 6) is 0.494. The van der Waals surface area contributed by atoms with E-state index in [0.717, 1.165) is 18.4 Å². The second kappa shape index (κ2) is 5.97. The molecule has 2 rings (SSSR count). The number of nitrogens with zero attached hydrogens (tertiary/aromatic N) is 1. The first-order valence-electron chi connectivity index (χ1n) is 7.06. The quantitative estimate of drug-likeness (QED) is 0.783. The van der Waals surface area contributed by atoms with Gasteiger partial charge in [0.25, 0.3) is 15.0 Å². The standard InChI is InChI=1S/C15H20ClNO3S/c1-10-6-7-17(12(3)8-10)15(18)14-9-13(21(16,19)20)5-4-11(14)2/h4-5,9-10,12H,6-8H2,1-3H3. The largest absolute Gasteiger partial charge is 0.336 e. The molecule has 1 aromatic carbocycles. The fraction of sp³-hybridized carbons (Fsp3) is 0.533. The average molecular weight is 330 g/mol.